The van der Waals surface area contributed by atoms with Crippen LogP contribution in [0.4, 0.5) is 11.4 Å². The Morgan fingerprint density at radius 1 is 1.24 bits per heavy atom. The smallest absolute Gasteiger partial charge is 0.292 e. The molecule has 3 rings (SSSR count). The summed E-state index contributed by atoms with van der Waals surface area (Å²) < 4.78 is 1.92. The van der Waals surface area contributed by atoms with Crippen molar-refractivity contribution < 1.29 is 4.92 Å². The van der Waals surface area contributed by atoms with Crippen LogP contribution in [0.2, 0.25) is 0 Å². The van der Waals surface area contributed by atoms with Gasteiger partial charge in [-0.15, -0.1) is 0 Å². The van der Waals surface area contributed by atoms with E-state index in [0.29, 0.717) is 11.4 Å². The van der Waals surface area contributed by atoms with E-state index in [1.54, 1.807) is 6.07 Å². The first-order valence-corrected chi connectivity index (χ1v) is 6.45. The van der Waals surface area contributed by atoms with Gasteiger partial charge >= 0.3 is 0 Å². The first-order chi connectivity index (χ1) is 9.97. The summed E-state index contributed by atoms with van der Waals surface area (Å²) in [4.78, 5) is 15.1. The molecule has 6 heteroatoms. The maximum atomic E-state index is 11.0. The number of nitrogens with zero attached hydrogens (tertiary/aromatic N) is 3. The molecule has 2 N–H and O–H groups in total. The van der Waals surface area contributed by atoms with Crippen molar-refractivity contribution in [3.8, 4) is 11.4 Å². The van der Waals surface area contributed by atoms with Crippen molar-refractivity contribution in [3.05, 3.63) is 52.1 Å². The summed E-state index contributed by atoms with van der Waals surface area (Å²) in [5.74, 6) is 0.679. The molecule has 0 unspecified atom stereocenters. The van der Waals surface area contributed by atoms with Gasteiger partial charge in [-0.1, -0.05) is 6.07 Å². The standard InChI is InChI=1S/C15H14N4O2/c1-9-3-6-13-12(7-9)17-15(18(13)2)10-4-5-11(16)14(8-10)19(20)21/h3-8H,16H2,1-2H3. The number of aromatic nitrogens is 2. The molecule has 2 aromatic carbocycles. The number of nitro benzene ring substituents is 1. The summed E-state index contributed by atoms with van der Waals surface area (Å²) >= 11 is 0. The van der Waals surface area contributed by atoms with E-state index in [2.05, 4.69) is 4.98 Å². The summed E-state index contributed by atoms with van der Waals surface area (Å²) in [6.07, 6.45) is 0. The Labute approximate surface area is 121 Å². The number of hydrogen-bond donors (Lipinski definition) is 1. The Morgan fingerprint density at radius 2 is 2.00 bits per heavy atom. The summed E-state index contributed by atoms with van der Waals surface area (Å²) in [6, 6.07) is 10.7. The molecule has 106 valence electrons. The molecule has 0 aliphatic heterocycles. The Balaban J connectivity index is 2.23. The van der Waals surface area contributed by atoms with Crippen LogP contribution in [0.3, 0.4) is 0 Å². The van der Waals surface area contributed by atoms with Gasteiger partial charge in [0.15, 0.2) is 0 Å². The number of rotatable bonds is 2. The van der Waals surface area contributed by atoms with Crippen LogP contribution in [0.1, 0.15) is 5.56 Å². The lowest BCUT2D eigenvalue weighted by Gasteiger charge is -2.04. The number of aryl methyl sites for hydroxylation is 2. The topological polar surface area (TPSA) is 87.0 Å². The number of benzene rings is 2. The van der Waals surface area contributed by atoms with Crippen LogP contribution in [0.15, 0.2) is 36.4 Å². The largest absolute Gasteiger partial charge is 0.393 e. The van der Waals surface area contributed by atoms with Gasteiger partial charge in [-0.2, -0.15) is 0 Å². The van der Waals surface area contributed by atoms with Crippen LogP contribution in [0, 0.1) is 17.0 Å². The Morgan fingerprint density at radius 3 is 2.71 bits per heavy atom. The molecule has 3 aromatic rings. The quantitative estimate of drug-likeness (QED) is 0.444. The van der Waals surface area contributed by atoms with Crippen LogP contribution in [0.5, 0.6) is 0 Å². The van der Waals surface area contributed by atoms with Crippen molar-refractivity contribution >= 4 is 22.4 Å². The van der Waals surface area contributed by atoms with E-state index in [9.17, 15) is 10.1 Å². The van der Waals surface area contributed by atoms with Crippen LogP contribution >= 0.6 is 0 Å². The summed E-state index contributed by atoms with van der Waals surface area (Å²) in [5, 5.41) is 11.0. The van der Waals surface area contributed by atoms with Gasteiger partial charge in [0, 0.05) is 18.7 Å². The number of anilines is 1. The normalized spacial score (nSPS) is 11.0. The maximum Gasteiger partial charge on any atom is 0.292 e. The van der Waals surface area contributed by atoms with Crippen molar-refractivity contribution in [1.82, 2.24) is 9.55 Å². The highest BCUT2D eigenvalue weighted by molar-refractivity contribution is 5.82. The molecule has 0 aliphatic carbocycles. The highest BCUT2D eigenvalue weighted by Gasteiger charge is 2.16. The third kappa shape index (κ3) is 2.10. The minimum Gasteiger partial charge on any atom is -0.393 e. The van der Waals surface area contributed by atoms with Gasteiger partial charge in [-0.25, -0.2) is 4.98 Å². The van der Waals surface area contributed by atoms with Gasteiger partial charge in [0.05, 0.1) is 16.0 Å². The van der Waals surface area contributed by atoms with Gasteiger partial charge in [0.25, 0.3) is 5.69 Å². The van der Waals surface area contributed by atoms with Crippen molar-refractivity contribution in [1.29, 1.82) is 0 Å². The molecule has 0 fully saturated rings. The van der Waals surface area contributed by atoms with Crippen LogP contribution in [-0.2, 0) is 7.05 Å². The lowest BCUT2D eigenvalue weighted by Crippen LogP contribution is -1.98. The lowest BCUT2D eigenvalue weighted by molar-refractivity contribution is -0.383. The molecule has 0 spiro atoms. The highest BCUT2D eigenvalue weighted by atomic mass is 16.6. The summed E-state index contributed by atoms with van der Waals surface area (Å²) in [7, 11) is 1.89. The second kappa shape index (κ2) is 4.59. The predicted molar refractivity (Wildman–Crippen MR) is 82.0 cm³/mol. The fourth-order valence-corrected chi connectivity index (χ4v) is 2.41. The minimum atomic E-state index is -0.481. The van der Waals surface area contributed by atoms with E-state index in [-0.39, 0.29) is 11.4 Å². The average Bonchev–Trinajstić information content (AvgIpc) is 2.75. The molecule has 21 heavy (non-hydrogen) atoms. The Bertz CT molecular complexity index is 867. The number of imidazole rings is 1. The second-order valence-corrected chi connectivity index (χ2v) is 5.02. The van der Waals surface area contributed by atoms with Crippen molar-refractivity contribution in [2.24, 2.45) is 7.05 Å². The van der Waals surface area contributed by atoms with Crippen molar-refractivity contribution in [2.75, 3.05) is 5.73 Å². The zero-order valence-corrected chi connectivity index (χ0v) is 11.7. The Hall–Kier alpha value is -2.89. The Kier molecular flexibility index (Phi) is 2.86. The molecule has 1 heterocycles. The minimum absolute atomic E-state index is 0.101. The second-order valence-electron chi connectivity index (χ2n) is 5.02. The highest BCUT2D eigenvalue weighted by Crippen LogP contribution is 2.30. The number of nitrogens with two attached hydrogens (primary N) is 1. The molecule has 0 atom stereocenters. The van der Waals surface area contributed by atoms with E-state index in [0.717, 1.165) is 16.6 Å². The monoisotopic (exact) mass is 282 g/mol. The van der Waals surface area contributed by atoms with Gasteiger partial charge in [0.2, 0.25) is 0 Å². The third-order valence-corrected chi connectivity index (χ3v) is 3.52. The van der Waals surface area contributed by atoms with E-state index in [1.165, 1.54) is 12.1 Å². The molecular formula is C15H14N4O2. The molecule has 0 saturated heterocycles. The number of hydrogen-bond acceptors (Lipinski definition) is 4. The molecule has 0 bridgehead atoms. The molecule has 0 saturated carbocycles. The first-order valence-electron chi connectivity index (χ1n) is 6.45. The van der Waals surface area contributed by atoms with E-state index in [1.807, 2.05) is 36.7 Å². The average molecular weight is 282 g/mol. The molecule has 0 amide bonds. The zero-order valence-electron chi connectivity index (χ0n) is 11.7. The van der Waals surface area contributed by atoms with Crippen molar-refractivity contribution in [3.63, 3.8) is 0 Å². The SMILES string of the molecule is Cc1ccc2c(c1)nc(-c1ccc(N)c([N+](=O)[O-])c1)n2C. The molecule has 6 nitrogen and oxygen atoms in total. The predicted octanol–water partition coefficient (Wildman–Crippen LogP) is 3.04. The third-order valence-electron chi connectivity index (χ3n) is 3.52. The van der Waals surface area contributed by atoms with E-state index in [4.69, 9.17) is 5.73 Å². The van der Waals surface area contributed by atoms with E-state index < -0.39 is 4.92 Å². The van der Waals surface area contributed by atoms with Gasteiger partial charge < -0.3 is 10.3 Å². The van der Waals surface area contributed by atoms with E-state index >= 15 is 0 Å². The number of nitrogen functional groups attached to an aromatic ring is 1. The molecule has 0 aliphatic rings. The van der Waals surface area contributed by atoms with Crippen molar-refractivity contribution in [2.45, 2.75) is 6.92 Å². The number of nitro groups is 1. The maximum absolute atomic E-state index is 11.0. The summed E-state index contributed by atoms with van der Waals surface area (Å²) in [6.45, 7) is 2.00. The molecule has 0 radical (unpaired) electrons. The fourth-order valence-electron chi connectivity index (χ4n) is 2.41. The zero-order chi connectivity index (χ0) is 15.1. The lowest BCUT2D eigenvalue weighted by atomic mass is 10.1. The van der Waals surface area contributed by atoms with Crippen LogP contribution in [-0.4, -0.2) is 14.5 Å². The summed E-state index contributed by atoms with van der Waals surface area (Å²) in [5.41, 5.74) is 9.33. The van der Waals surface area contributed by atoms with Crippen LogP contribution < -0.4 is 5.73 Å². The first kappa shape index (κ1) is 13.1. The number of fused-ring (bicyclic) bond motifs is 1. The van der Waals surface area contributed by atoms with Gasteiger partial charge in [-0.3, -0.25) is 10.1 Å². The van der Waals surface area contributed by atoms with Gasteiger partial charge in [0.1, 0.15) is 11.5 Å². The molecular weight excluding hydrogens is 268 g/mol. The van der Waals surface area contributed by atoms with Crippen LogP contribution in [0.25, 0.3) is 22.4 Å². The van der Waals surface area contributed by atoms with Gasteiger partial charge in [-0.05, 0) is 36.8 Å². The fraction of sp³-hybridized carbons (Fsp3) is 0.133. The molecule has 1 aromatic heterocycles.